The predicted molar refractivity (Wildman–Crippen MR) is 76.8 cm³/mol. The van der Waals surface area contributed by atoms with Crippen molar-refractivity contribution in [3.05, 3.63) is 0 Å². The Kier molecular flexibility index (Phi) is 6.74. The molecule has 7 heteroatoms. The maximum Gasteiger partial charge on any atom is 0.317 e. The van der Waals surface area contributed by atoms with E-state index in [0.29, 0.717) is 32.2 Å². The summed E-state index contributed by atoms with van der Waals surface area (Å²) in [6.07, 6.45) is 0.159. The van der Waals surface area contributed by atoms with Gasteiger partial charge in [-0.3, -0.25) is 9.69 Å². The maximum atomic E-state index is 12.0. The second-order valence-corrected chi connectivity index (χ2v) is 5.47. The predicted octanol–water partition coefficient (Wildman–Crippen LogP) is -0.262. The van der Waals surface area contributed by atoms with Crippen molar-refractivity contribution in [1.82, 2.24) is 20.0 Å². The van der Waals surface area contributed by atoms with Crippen molar-refractivity contribution in [2.24, 2.45) is 0 Å². The van der Waals surface area contributed by atoms with Crippen molar-refractivity contribution in [1.29, 1.82) is 0 Å². The van der Waals surface area contributed by atoms with E-state index in [9.17, 15) is 9.59 Å². The highest BCUT2D eigenvalue weighted by Gasteiger charge is 2.21. The molecule has 7 nitrogen and oxygen atoms in total. The van der Waals surface area contributed by atoms with Gasteiger partial charge in [-0.05, 0) is 21.0 Å². The van der Waals surface area contributed by atoms with Gasteiger partial charge < -0.3 is 20.2 Å². The standard InChI is InChI=1S/C13H26N4O3/c1-11(15(2)3)10-14-13(20)17-8-6-16(7-9-17)5-4-12(18)19/h11H,4-10H2,1-3H3,(H,14,20)(H,18,19). The molecule has 0 aliphatic carbocycles. The molecular weight excluding hydrogens is 260 g/mol. The smallest absolute Gasteiger partial charge is 0.317 e. The number of carbonyl (C=O) groups is 2. The molecule has 1 atom stereocenters. The highest BCUT2D eigenvalue weighted by molar-refractivity contribution is 5.74. The third kappa shape index (κ3) is 5.75. The maximum absolute atomic E-state index is 12.0. The number of piperazine rings is 1. The fourth-order valence-electron chi connectivity index (χ4n) is 1.96. The molecule has 0 saturated carbocycles. The summed E-state index contributed by atoms with van der Waals surface area (Å²) in [4.78, 5) is 28.4. The SMILES string of the molecule is CC(CNC(=O)N1CCN(CCC(=O)O)CC1)N(C)C. The van der Waals surface area contributed by atoms with Crippen molar-refractivity contribution >= 4 is 12.0 Å². The molecule has 0 bridgehead atoms. The van der Waals surface area contributed by atoms with Gasteiger partial charge in [-0.1, -0.05) is 0 Å². The minimum absolute atomic E-state index is 0.0309. The van der Waals surface area contributed by atoms with Crippen LogP contribution in [-0.2, 0) is 4.79 Å². The summed E-state index contributed by atoms with van der Waals surface area (Å²) in [6.45, 7) is 6.04. The number of rotatable bonds is 6. The Hall–Kier alpha value is -1.34. The van der Waals surface area contributed by atoms with E-state index in [1.54, 1.807) is 4.90 Å². The summed E-state index contributed by atoms with van der Waals surface area (Å²) in [5.74, 6) is -0.775. The van der Waals surface area contributed by atoms with Crippen LogP contribution in [0.3, 0.4) is 0 Å². The molecule has 0 aromatic rings. The fourth-order valence-corrected chi connectivity index (χ4v) is 1.96. The number of hydrogen-bond donors (Lipinski definition) is 2. The van der Waals surface area contributed by atoms with Gasteiger partial charge in [0.05, 0.1) is 6.42 Å². The Labute approximate surface area is 120 Å². The molecule has 0 spiro atoms. The number of nitrogens with zero attached hydrogens (tertiary/aromatic N) is 3. The second-order valence-electron chi connectivity index (χ2n) is 5.47. The van der Waals surface area contributed by atoms with Gasteiger partial charge in [0, 0.05) is 45.3 Å². The topological polar surface area (TPSA) is 76.1 Å². The molecular formula is C13H26N4O3. The van der Waals surface area contributed by atoms with E-state index in [2.05, 4.69) is 22.0 Å². The van der Waals surface area contributed by atoms with E-state index in [-0.39, 0.29) is 12.5 Å². The lowest BCUT2D eigenvalue weighted by Crippen LogP contribution is -2.53. The molecule has 0 radical (unpaired) electrons. The van der Waals surface area contributed by atoms with Crippen molar-refractivity contribution in [2.75, 3.05) is 53.4 Å². The average molecular weight is 286 g/mol. The number of urea groups is 1. The van der Waals surface area contributed by atoms with Gasteiger partial charge in [0.1, 0.15) is 0 Å². The van der Waals surface area contributed by atoms with Crippen molar-refractivity contribution < 1.29 is 14.7 Å². The number of aliphatic carboxylic acids is 1. The van der Waals surface area contributed by atoms with Crippen LogP contribution in [0, 0.1) is 0 Å². The average Bonchev–Trinajstić information content (AvgIpc) is 2.42. The number of carbonyl (C=O) groups excluding carboxylic acids is 1. The normalized spacial score (nSPS) is 18.1. The molecule has 2 N–H and O–H groups in total. The van der Waals surface area contributed by atoms with Crippen LogP contribution in [0.2, 0.25) is 0 Å². The van der Waals surface area contributed by atoms with E-state index in [1.165, 1.54) is 0 Å². The van der Waals surface area contributed by atoms with Gasteiger partial charge in [-0.15, -0.1) is 0 Å². The molecule has 1 rings (SSSR count). The number of amides is 2. The van der Waals surface area contributed by atoms with Crippen LogP contribution in [0.5, 0.6) is 0 Å². The van der Waals surface area contributed by atoms with E-state index in [1.807, 2.05) is 14.1 Å². The molecule has 0 aromatic heterocycles. The van der Waals surface area contributed by atoms with Crippen LogP contribution in [0.4, 0.5) is 4.79 Å². The van der Waals surface area contributed by atoms with Crippen LogP contribution in [-0.4, -0.2) is 91.2 Å². The Morgan fingerprint density at radius 2 is 1.85 bits per heavy atom. The first-order valence-corrected chi connectivity index (χ1v) is 7.03. The van der Waals surface area contributed by atoms with E-state index < -0.39 is 5.97 Å². The summed E-state index contributed by atoms with van der Waals surface area (Å²) in [5.41, 5.74) is 0. The quantitative estimate of drug-likeness (QED) is 0.703. The summed E-state index contributed by atoms with van der Waals surface area (Å²) in [6, 6.07) is 0.271. The molecule has 116 valence electrons. The first-order valence-electron chi connectivity index (χ1n) is 7.03. The van der Waals surface area contributed by atoms with Gasteiger partial charge in [-0.25, -0.2) is 4.79 Å². The van der Waals surface area contributed by atoms with Gasteiger partial charge in [-0.2, -0.15) is 0 Å². The summed E-state index contributed by atoms with van der Waals surface area (Å²) in [7, 11) is 3.97. The third-order valence-corrected chi connectivity index (χ3v) is 3.73. The van der Waals surface area contributed by atoms with Crippen LogP contribution in [0.25, 0.3) is 0 Å². The van der Waals surface area contributed by atoms with E-state index in [0.717, 1.165) is 13.1 Å². The molecule has 1 heterocycles. The van der Waals surface area contributed by atoms with Crippen LogP contribution in [0.15, 0.2) is 0 Å². The van der Waals surface area contributed by atoms with E-state index in [4.69, 9.17) is 5.11 Å². The van der Waals surface area contributed by atoms with Gasteiger partial charge in [0.25, 0.3) is 0 Å². The van der Waals surface area contributed by atoms with Crippen molar-refractivity contribution in [3.8, 4) is 0 Å². The summed E-state index contributed by atoms with van der Waals surface area (Å²) in [5, 5.41) is 11.6. The highest BCUT2D eigenvalue weighted by atomic mass is 16.4. The van der Waals surface area contributed by atoms with E-state index >= 15 is 0 Å². The second kappa shape index (κ2) is 8.06. The zero-order valence-corrected chi connectivity index (χ0v) is 12.6. The number of carboxylic acids is 1. The number of carboxylic acid groups (broad SMARTS) is 1. The fraction of sp³-hybridized carbons (Fsp3) is 0.846. The zero-order valence-electron chi connectivity index (χ0n) is 12.6. The molecule has 0 aromatic carbocycles. The molecule has 1 aliphatic rings. The highest BCUT2D eigenvalue weighted by Crippen LogP contribution is 2.03. The zero-order chi connectivity index (χ0) is 15.1. The number of hydrogen-bond acceptors (Lipinski definition) is 4. The van der Waals surface area contributed by atoms with Crippen molar-refractivity contribution in [2.45, 2.75) is 19.4 Å². The van der Waals surface area contributed by atoms with Crippen LogP contribution >= 0.6 is 0 Å². The lowest BCUT2D eigenvalue weighted by atomic mass is 10.3. The first-order chi connectivity index (χ1) is 9.40. The lowest BCUT2D eigenvalue weighted by molar-refractivity contribution is -0.137. The third-order valence-electron chi connectivity index (χ3n) is 3.73. The summed E-state index contributed by atoms with van der Waals surface area (Å²) >= 11 is 0. The Morgan fingerprint density at radius 1 is 1.25 bits per heavy atom. The Morgan fingerprint density at radius 3 is 2.35 bits per heavy atom. The molecule has 2 amide bonds. The molecule has 1 fully saturated rings. The van der Waals surface area contributed by atoms with Crippen LogP contribution < -0.4 is 5.32 Å². The monoisotopic (exact) mass is 286 g/mol. The lowest BCUT2D eigenvalue weighted by Gasteiger charge is -2.34. The molecule has 20 heavy (non-hydrogen) atoms. The first kappa shape index (κ1) is 16.7. The number of likely N-dealkylation sites (N-methyl/N-ethyl adjacent to an activating group) is 1. The largest absolute Gasteiger partial charge is 0.481 e. The minimum Gasteiger partial charge on any atom is -0.481 e. The van der Waals surface area contributed by atoms with Crippen molar-refractivity contribution in [3.63, 3.8) is 0 Å². The van der Waals surface area contributed by atoms with Gasteiger partial charge in [0.2, 0.25) is 0 Å². The number of nitrogens with one attached hydrogen (secondary N) is 1. The summed E-state index contributed by atoms with van der Waals surface area (Å²) < 4.78 is 0. The molecule has 1 aliphatic heterocycles. The van der Waals surface area contributed by atoms with Gasteiger partial charge in [0.15, 0.2) is 0 Å². The Balaban J connectivity index is 2.23. The molecule has 1 saturated heterocycles. The minimum atomic E-state index is -0.775. The van der Waals surface area contributed by atoms with Crippen LogP contribution in [0.1, 0.15) is 13.3 Å². The molecule has 1 unspecified atom stereocenters. The Bertz CT molecular complexity index is 328. The van der Waals surface area contributed by atoms with Gasteiger partial charge >= 0.3 is 12.0 Å².